The van der Waals surface area contributed by atoms with Gasteiger partial charge >= 0.3 is 0 Å². The third kappa shape index (κ3) is 3.91. The highest BCUT2D eigenvalue weighted by molar-refractivity contribution is 7.99. The number of amides is 1. The van der Waals surface area contributed by atoms with Crippen LogP contribution in [0.3, 0.4) is 0 Å². The molecule has 0 aliphatic carbocycles. The van der Waals surface area contributed by atoms with Gasteiger partial charge in [-0.15, -0.1) is 0 Å². The zero-order chi connectivity index (χ0) is 22.1. The van der Waals surface area contributed by atoms with Gasteiger partial charge in [0.05, 0.1) is 17.5 Å². The van der Waals surface area contributed by atoms with E-state index < -0.39 is 0 Å². The molecule has 8 heteroatoms. The van der Waals surface area contributed by atoms with Crippen LogP contribution in [-0.2, 0) is 9.53 Å². The lowest BCUT2D eigenvalue weighted by Gasteiger charge is -2.14. The van der Waals surface area contributed by atoms with E-state index in [2.05, 4.69) is 10.3 Å². The monoisotopic (exact) mass is 448 g/mol. The first kappa shape index (κ1) is 20.8. The SMILES string of the molecule is Cc1ccccc1-n1c(SCC(=O)NC[C@H]2CCCO2)nc2c([nH]c3ccccc32)c1=O. The number of hydrogen-bond acceptors (Lipinski definition) is 5. The second-order valence-electron chi connectivity index (χ2n) is 7.94. The molecule has 2 N–H and O–H groups in total. The van der Waals surface area contributed by atoms with Crippen LogP contribution in [0.4, 0.5) is 0 Å². The number of aromatic nitrogens is 3. The second-order valence-corrected chi connectivity index (χ2v) is 8.89. The topological polar surface area (TPSA) is 89.0 Å². The molecule has 1 aliphatic rings. The molecule has 0 radical (unpaired) electrons. The highest BCUT2D eigenvalue weighted by Gasteiger charge is 2.20. The summed E-state index contributed by atoms with van der Waals surface area (Å²) in [6, 6.07) is 15.4. The summed E-state index contributed by atoms with van der Waals surface area (Å²) in [5.74, 6) is 0.0638. The van der Waals surface area contributed by atoms with Crippen LogP contribution in [0.1, 0.15) is 18.4 Å². The first-order chi connectivity index (χ1) is 15.6. The standard InChI is InChI=1S/C24H24N4O3S/c1-15-7-2-5-11-19(15)28-23(30)22-21(17-9-3-4-10-18(17)26-22)27-24(28)32-14-20(29)25-13-16-8-6-12-31-16/h2-5,7,9-11,16,26H,6,8,12-14H2,1H3,(H,25,29)/t16-/m1/s1. The molecule has 4 aromatic rings. The number of ether oxygens (including phenoxy) is 1. The maximum atomic E-state index is 13.6. The number of para-hydroxylation sites is 2. The van der Waals surface area contributed by atoms with Crippen LogP contribution >= 0.6 is 11.8 Å². The van der Waals surface area contributed by atoms with Crippen molar-refractivity contribution >= 4 is 39.6 Å². The fraction of sp³-hybridized carbons (Fsp3) is 0.292. The summed E-state index contributed by atoms with van der Waals surface area (Å²) in [5.41, 5.74) is 3.48. The largest absolute Gasteiger partial charge is 0.376 e. The fourth-order valence-corrected chi connectivity index (χ4v) is 4.91. The molecule has 32 heavy (non-hydrogen) atoms. The molecule has 164 valence electrons. The van der Waals surface area contributed by atoms with Crippen molar-refractivity contribution < 1.29 is 9.53 Å². The maximum Gasteiger partial charge on any atom is 0.283 e. The van der Waals surface area contributed by atoms with Crippen LogP contribution in [0.25, 0.3) is 27.6 Å². The molecule has 1 amide bonds. The molecular formula is C24H24N4O3S. The van der Waals surface area contributed by atoms with Crippen LogP contribution in [0.2, 0.25) is 0 Å². The van der Waals surface area contributed by atoms with Gasteiger partial charge in [-0.2, -0.15) is 0 Å². The number of rotatable bonds is 6. The Labute approximate surface area is 189 Å². The van der Waals surface area contributed by atoms with Gasteiger partial charge in [0, 0.05) is 24.1 Å². The maximum absolute atomic E-state index is 13.6. The van der Waals surface area contributed by atoms with E-state index in [4.69, 9.17) is 9.72 Å². The van der Waals surface area contributed by atoms with Crippen molar-refractivity contribution in [2.24, 2.45) is 0 Å². The number of carbonyl (C=O) groups is 1. The minimum Gasteiger partial charge on any atom is -0.376 e. The van der Waals surface area contributed by atoms with Crippen LogP contribution in [0.5, 0.6) is 0 Å². The molecular weight excluding hydrogens is 424 g/mol. The summed E-state index contributed by atoms with van der Waals surface area (Å²) in [4.78, 5) is 34.1. The summed E-state index contributed by atoms with van der Waals surface area (Å²) >= 11 is 1.27. The van der Waals surface area contributed by atoms with Crippen molar-refractivity contribution in [3.05, 3.63) is 64.4 Å². The van der Waals surface area contributed by atoms with Crippen molar-refractivity contribution in [2.45, 2.75) is 31.0 Å². The smallest absolute Gasteiger partial charge is 0.283 e. The molecule has 1 saturated heterocycles. The lowest BCUT2D eigenvalue weighted by molar-refractivity contribution is -0.119. The Morgan fingerprint density at radius 2 is 2.06 bits per heavy atom. The number of aromatic amines is 1. The zero-order valence-corrected chi connectivity index (χ0v) is 18.6. The molecule has 0 saturated carbocycles. The van der Waals surface area contributed by atoms with Crippen molar-refractivity contribution in [1.29, 1.82) is 0 Å². The molecule has 0 bridgehead atoms. The molecule has 7 nitrogen and oxygen atoms in total. The summed E-state index contributed by atoms with van der Waals surface area (Å²) in [6.07, 6.45) is 2.10. The lowest BCUT2D eigenvalue weighted by atomic mass is 10.2. The van der Waals surface area contributed by atoms with E-state index in [9.17, 15) is 9.59 Å². The van der Waals surface area contributed by atoms with Gasteiger partial charge in [-0.3, -0.25) is 14.2 Å². The van der Waals surface area contributed by atoms with Gasteiger partial charge in [0.2, 0.25) is 5.91 Å². The van der Waals surface area contributed by atoms with Crippen molar-refractivity contribution in [1.82, 2.24) is 19.9 Å². The van der Waals surface area contributed by atoms with Gasteiger partial charge in [0.1, 0.15) is 11.0 Å². The minimum atomic E-state index is -0.178. The third-order valence-electron chi connectivity index (χ3n) is 5.73. The fourth-order valence-electron chi connectivity index (χ4n) is 4.08. The van der Waals surface area contributed by atoms with Crippen molar-refractivity contribution in [3.63, 3.8) is 0 Å². The highest BCUT2D eigenvalue weighted by Crippen LogP contribution is 2.27. The van der Waals surface area contributed by atoms with Gasteiger partial charge in [0.15, 0.2) is 5.16 Å². The van der Waals surface area contributed by atoms with Gasteiger partial charge in [-0.05, 0) is 37.5 Å². The number of aryl methyl sites for hydroxylation is 1. The van der Waals surface area contributed by atoms with Crippen LogP contribution in [0, 0.1) is 6.92 Å². The van der Waals surface area contributed by atoms with E-state index in [-0.39, 0.29) is 23.3 Å². The Hall–Kier alpha value is -3.10. The number of thioether (sulfide) groups is 1. The number of carbonyl (C=O) groups excluding carboxylic acids is 1. The summed E-state index contributed by atoms with van der Waals surface area (Å²) in [5, 5.41) is 4.32. The lowest BCUT2D eigenvalue weighted by Crippen LogP contribution is -2.33. The Morgan fingerprint density at radius 3 is 2.88 bits per heavy atom. The zero-order valence-electron chi connectivity index (χ0n) is 17.8. The second kappa shape index (κ2) is 8.80. The Balaban J connectivity index is 1.52. The predicted octanol–water partition coefficient (Wildman–Crippen LogP) is 3.56. The van der Waals surface area contributed by atoms with Gasteiger partial charge in [-0.25, -0.2) is 4.98 Å². The van der Waals surface area contributed by atoms with Crippen LogP contribution < -0.4 is 10.9 Å². The number of nitrogens with one attached hydrogen (secondary N) is 2. The van der Waals surface area contributed by atoms with E-state index in [0.29, 0.717) is 22.7 Å². The molecule has 1 fully saturated rings. The summed E-state index contributed by atoms with van der Waals surface area (Å²) in [6.45, 7) is 3.23. The van der Waals surface area contributed by atoms with Crippen molar-refractivity contribution in [3.8, 4) is 5.69 Å². The van der Waals surface area contributed by atoms with Crippen molar-refractivity contribution in [2.75, 3.05) is 18.9 Å². The van der Waals surface area contributed by atoms with Gasteiger partial charge in [-0.1, -0.05) is 48.2 Å². The summed E-state index contributed by atoms with van der Waals surface area (Å²) < 4.78 is 7.17. The number of nitrogens with zero attached hydrogens (tertiary/aromatic N) is 2. The molecule has 0 unspecified atom stereocenters. The molecule has 1 atom stereocenters. The number of fused-ring (bicyclic) bond motifs is 3. The first-order valence-electron chi connectivity index (χ1n) is 10.7. The van der Waals surface area contributed by atoms with Gasteiger partial charge < -0.3 is 15.0 Å². The van der Waals surface area contributed by atoms with Gasteiger partial charge in [0.25, 0.3) is 5.56 Å². The van der Waals surface area contributed by atoms with E-state index in [0.717, 1.165) is 41.6 Å². The Kier molecular flexibility index (Phi) is 5.71. The van der Waals surface area contributed by atoms with E-state index in [1.54, 1.807) is 4.57 Å². The molecule has 2 aromatic carbocycles. The molecule has 1 aliphatic heterocycles. The highest BCUT2D eigenvalue weighted by atomic mass is 32.2. The molecule has 5 rings (SSSR count). The quantitative estimate of drug-likeness (QED) is 0.348. The Bertz CT molecular complexity index is 1350. The molecule has 0 spiro atoms. The predicted molar refractivity (Wildman–Crippen MR) is 127 cm³/mol. The normalized spacial score (nSPS) is 16.1. The summed E-state index contributed by atoms with van der Waals surface area (Å²) in [7, 11) is 0. The van der Waals surface area contributed by atoms with Crippen LogP contribution in [-0.4, -0.2) is 45.5 Å². The Morgan fingerprint density at radius 1 is 1.25 bits per heavy atom. The van der Waals surface area contributed by atoms with E-state index in [1.165, 1.54) is 11.8 Å². The third-order valence-corrected chi connectivity index (χ3v) is 6.67. The average molecular weight is 449 g/mol. The molecule has 2 aromatic heterocycles. The van der Waals surface area contributed by atoms with E-state index in [1.807, 2.05) is 55.5 Å². The number of hydrogen-bond donors (Lipinski definition) is 2. The number of H-pyrrole nitrogens is 1. The van der Waals surface area contributed by atoms with E-state index >= 15 is 0 Å². The molecule has 3 heterocycles. The minimum absolute atomic E-state index is 0.0924. The van der Waals surface area contributed by atoms with Crippen LogP contribution in [0.15, 0.2) is 58.5 Å². The average Bonchev–Trinajstić information content (AvgIpc) is 3.45. The number of benzene rings is 2. The first-order valence-corrected chi connectivity index (χ1v) is 11.7.